The third kappa shape index (κ3) is 3.44. The average molecular weight is 351 g/mol. The van der Waals surface area contributed by atoms with Crippen molar-refractivity contribution in [3.8, 4) is 0 Å². The molecule has 0 radical (unpaired) electrons. The lowest BCUT2D eigenvalue weighted by Crippen LogP contribution is -2.29. The molecule has 1 heterocycles. The van der Waals surface area contributed by atoms with Crippen molar-refractivity contribution in [1.82, 2.24) is 9.13 Å². The molecule has 0 fully saturated rings. The van der Waals surface area contributed by atoms with Crippen molar-refractivity contribution < 1.29 is 9.59 Å². The van der Waals surface area contributed by atoms with E-state index in [1.54, 1.807) is 28.8 Å². The molecule has 6 heteroatoms. The summed E-state index contributed by atoms with van der Waals surface area (Å²) < 4.78 is 3.19. The lowest BCUT2D eigenvalue weighted by atomic mass is 10.1. The summed E-state index contributed by atoms with van der Waals surface area (Å²) in [6, 6.07) is 14.2. The van der Waals surface area contributed by atoms with E-state index in [9.17, 15) is 14.4 Å². The zero-order chi connectivity index (χ0) is 18.7. The minimum absolute atomic E-state index is 0.0295. The third-order valence-electron chi connectivity index (χ3n) is 4.25. The van der Waals surface area contributed by atoms with Crippen LogP contribution in [0.5, 0.6) is 0 Å². The number of ketones is 1. The van der Waals surface area contributed by atoms with Crippen LogP contribution in [-0.2, 0) is 17.9 Å². The van der Waals surface area contributed by atoms with Gasteiger partial charge in [-0.05, 0) is 49.7 Å². The number of para-hydroxylation sites is 2. The molecule has 0 aliphatic heterocycles. The highest BCUT2D eigenvalue weighted by Crippen LogP contribution is 2.14. The van der Waals surface area contributed by atoms with Crippen LogP contribution in [0.15, 0.2) is 53.3 Å². The number of imidazole rings is 1. The fraction of sp³-hybridized carbons (Fsp3) is 0.250. The molecule has 0 aliphatic rings. The van der Waals surface area contributed by atoms with Gasteiger partial charge in [0.05, 0.1) is 11.0 Å². The summed E-state index contributed by atoms with van der Waals surface area (Å²) in [5.74, 6) is -0.319. The van der Waals surface area contributed by atoms with E-state index >= 15 is 0 Å². The molecule has 26 heavy (non-hydrogen) atoms. The van der Waals surface area contributed by atoms with E-state index in [0.29, 0.717) is 17.8 Å². The van der Waals surface area contributed by atoms with E-state index in [4.69, 9.17) is 0 Å². The molecule has 0 spiro atoms. The van der Waals surface area contributed by atoms with Crippen molar-refractivity contribution in [2.24, 2.45) is 0 Å². The number of Topliss-reactive ketones (excluding diaryl/α,β-unsaturated/α-hetero) is 1. The van der Waals surface area contributed by atoms with Gasteiger partial charge in [0, 0.05) is 17.8 Å². The molecular formula is C20H21N3O3. The lowest BCUT2D eigenvalue weighted by Gasteiger charge is -2.07. The van der Waals surface area contributed by atoms with E-state index in [2.05, 4.69) is 5.32 Å². The number of nitrogens with zero attached hydrogens (tertiary/aromatic N) is 2. The predicted octanol–water partition coefficient (Wildman–Crippen LogP) is 3.05. The Hall–Kier alpha value is -3.15. The monoisotopic (exact) mass is 351 g/mol. The number of benzene rings is 2. The first-order valence-corrected chi connectivity index (χ1v) is 8.60. The Morgan fingerprint density at radius 3 is 2.15 bits per heavy atom. The molecule has 134 valence electrons. The molecule has 0 aliphatic carbocycles. The molecule has 3 rings (SSSR count). The Labute approximate surface area is 151 Å². The van der Waals surface area contributed by atoms with Gasteiger partial charge in [-0.1, -0.05) is 19.1 Å². The second kappa shape index (κ2) is 7.39. The molecule has 3 aromatic rings. The molecule has 6 nitrogen and oxygen atoms in total. The van der Waals surface area contributed by atoms with Gasteiger partial charge in [-0.2, -0.15) is 0 Å². The van der Waals surface area contributed by atoms with Gasteiger partial charge in [0.2, 0.25) is 5.91 Å². The molecule has 2 aromatic carbocycles. The van der Waals surface area contributed by atoms with Crippen LogP contribution in [0, 0.1) is 0 Å². The molecule has 0 bridgehead atoms. The summed E-state index contributed by atoms with van der Waals surface area (Å²) in [6.45, 7) is 4.05. The van der Waals surface area contributed by atoms with Crippen LogP contribution in [0.3, 0.4) is 0 Å². The van der Waals surface area contributed by atoms with E-state index in [1.807, 2.05) is 31.2 Å². The van der Waals surface area contributed by atoms with Crippen LogP contribution in [0.4, 0.5) is 5.69 Å². The van der Waals surface area contributed by atoms with Crippen LogP contribution in [0.25, 0.3) is 11.0 Å². The molecule has 0 saturated heterocycles. The Kier molecular flexibility index (Phi) is 5.02. The molecule has 1 amide bonds. The smallest absolute Gasteiger partial charge is 0.325 e. The standard InChI is InChI=1S/C20H21N3O3/c1-3-12-22-17-6-4-5-7-18(17)23(20(22)26)13-19(25)21-16-10-8-15(9-11-16)14(2)24/h4-11H,3,12-13H2,1-2H3,(H,21,25). The number of aromatic nitrogens is 2. The minimum atomic E-state index is -0.290. The van der Waals surface area contributed by atoms with Crippen LogP contribution in [0.2, 0.25) is 0 Å². The summed E-state index contributed by atoms with van der Waals surface area (Å²) in [5.41, 5.74) is 2.56. The predicted molar refractivity (Wildman–Crippen MR) is 102 cm³/mol. The maximum Gasteiger partial charge on any atom is 0.329 e. The van der Waals surface area contributed by atoms with E-state index in [-0.39, 0.29) is 23.9 Å². The lowest BCUT2D eigenvalue weighted by molar-refractivity contribution is -0.116. The molecule has 0 atom stereocenters. The molecule has 1 N–H and O–H groups in total. The van der Waals surface area contributed by atoms with E-state index in [0.717, 1.165) is 17.5 Å². The largest absolute Gasteiger partial charge is 0.329 e. The first kappa shape index (κ1) is 17.7. The molecule has 0 unspecified atom stereocenters. The Bertz CT molecular complexity index is 1010. The van der Waals surface area contributed by atoms with Crippen LogP contribution in [-0.4, -0.2) is 20.8 Å². The topological polar surface area (TPSA) is 73.1 Å². The Morgan fingerprint density at radius 1 is 0.962 bits per heavy atom. The number of hydrogen-bond donors (Lipinski definition) is 1. The summed E-state index contributed by atoms with van der Waals surface area (Å²) in [4.78, 5) is 36.4. The zero-order valence-electron chi connectivity index (χ0n) is 14.9. The fourth-order valence-corrected chi connectivity index (χ4v) is 3.00. The second-order valence-corrected chi connectivity index (χ2v) is 6.19. The zero-order valence-corrected chi connectivity index (χ0v) is 14.9. The molecule has 1 aromatic heterocycles. The van der Waals surface area contributed by atoms with Gasteiger partial charge in [-0.25, -0.2) is 4.79 Å². The molecular weight excluding hydrogens is 330 g/mol. The first-order chi connectivity index (χ1) is 12.5. The van der Waals surface area contributed by atoms with Crippen LogP contribution in [0.1, 0.15) is 30.6 Å². The number of hydrogen-bond acceptors (Lipinski definition) is 3. The number of nitrogens with one attached hydrogen (secondary N) is 1. The van der Waals surface area contributed by atoms with Gasteiger partial charge < -0.3 is 5.32 Å². The highest BCUT2D eigenvalue weighted by molar-refractivity contribution is 5.95. The second-order valence-electron chi connectivity index (χ2n) is 6.19. The maximum absolute atomic E-state index is 12.7. The van der Waals surface area contributed by atoms with Gasteiger partial charge in [-0.15, -0.1) is 0 Å². The number of carbonyl (C=O) groups excluding carboxylic acids is 2. The number of anilines is 1. The van der Waals surface area contributed by atoms with E-state index in [1.165, 1.54) is 11.5 Å². The van der Waals surface area contributed by atoms with Gasteiger partial charge in [0.25, 0.3) is 0 Å². The van der Waals surface area contributed by atoms with Gasteiger partial charge in [0.15, 0.2) is 5.78 Å². The van der Waals surface area contributed by atoms with Crippen molar-refractivity contribution in [3.05, 3.63) is 64.6 Å². The van der Waals surface area contributed by atoms with Crippen LogP contribution >= 0.6 is 0 Å². The van der Waals surface area contributed by atoms with Crippen LogP contribution < -0.4 is 11.0 Å². The van der Waals surface area contributed by atoms with Gasteiger partial charge in [0.1, 0.15) is 6.54 Å². The Balaban J connectivity index is 1.84. The average Bonchev–Trinajstić information content (AvgIpc) is 2.88. The minimum Gasteiger partial charge on any atom is -0.325 e. The highest BCUT2D eigenvalue weighted by Gasteiger charge is 2.15. The van der Waals surface area contributed by atoms with Gasteiger partial charge in [-0.3, -0.25) is 18.7 Å². The maximum atomic E-state index is 12.7. The summed E-state index contributed by atoms with van der Waals surface area (Å²) in [6.07, 6.45) is 0.836. The third-order valence-corrected chi connectivity index (χ3v) is 4.25. The summed E-state index contributed by atoms with van der Waals surface area (Å²) in [7, 11) is 0. The quantitative estimate of drug-likeness (QED) is 0.694. The van der Waals surface area contributed by atoms with Crippen molar-refractivity contribution >= 4 is 28.4 Å². The van der Waals surface area contributed by atoms with Gasteiger partial charge >= 0.3 is 5.69 Å². The SMILES string of the molecule is CCCn1c(=O)n(CC(=O)Nc2ccc(C(C)=O)cc2)c2ccccc21. The van der Waals surface area contributed by atoms with Crippen molar-refractivity contribution in [2.75, 3.05) is 5.32 Å². The number of amides is 1. The number of carbonyl (C=O) groups is 2. The highest BCUT2D eigenvalue weighted by atomic mass is 16.2. The first-order valence-electron chi connectivity index (χ1n) is 8.60. The number of fused-ring (bicyclic) bond motifs is 1. The fourth-order valence-electron chi connectivity index (χ4n) is 3.00. The number of aryl methyl sites for hydroxylation is 1. The summed E-state index contributed by atoms with van der Waals surface area (Å²) in [5, 5.41) is 2.77. The van der Waals surface area contributed by atoms with Crippen molar-refractivity contribution in [1.29, 1.82) is 0 Å². The van der Waals surface area contributed by atoms with E-state index < -0.39 is 0 Å². The molecule has 0 saturated carbocycles. The Morgan fingerprint density at radius 2 is 1.58 bits per heavy atom. The normalized spacial score (nSPS) is 10.8. The van der Waals surface area contributed by atoms with Crippen molar-refractivity contribution in [3.63, 3.8) is 0 Å². The van der Waals surface area contributed by atoms with Crippen molar-refractivity contribution in [2.45, 2.75) is 33.4 Å². The summed E-state index contributed by atoms with van der Waals surface area (Å²) >= 11 is 0. The number of rotatable bonds is 6.